The summed E-state index contributed by atoms with van der Waals surface area (Å²) < 4.78 is 12.2. The minimum Gasteiger partial charge on any atom is -0.493 e. The summed E-state index contributed by atoms with van der Waals surface area (Å²) in [6.45, 7) is 3.26. The first-order chi connectivity index (χ1) is 11.5. The van der Waals surface area contributed by atoms with E-state index in [0.29, 0.717) is 36.2 Å². The topological polar surface area (TPSA) is 50.7 Å². The number of methoxy groups -OCH3 is 1. The molecule has 4 nitrogen and oxygen atoms in total. The van der Waals surface area contributed by atoms with E-state index in [-0.39, 0.29) is 18.5 Å². The van der Waals surface area contributed by atoms with Crippen molar-refractivity contribution in [2.45, 2.75) is 26.2 Å². The molecule has 0 saturated heterocycles. The van der Waals surface area contributed by atoms with Crippen molar-refractivity contribution in [3.8, 4) is 11.5 Å². The van der Waals surface area contributed by atoms with Crippen molar-refractivity contribution in [3.05, 3.63) is 57.0 Å². The fraction of sp³-hybridized carbons (Fsp3) is 0.333. The predicted octanol–water partition coefficient (Wildman–Crippen LogP) is 4.58. The van der Waals surface area contributed by atoms with Gasteiger partial charge in [0, 0.05) is 23.7 Å². The van der Waals surface area contributed by atoms with Crippen LogP contribution in [0.1, 0.15) is 18.1 Å². The average Bonchev–Trinajstić information content (AvgIpc) is 2.54. The van der Waals surface area contributed by atoms with Crippen LogP contribution in [0.4, 0.5) is 0 Å². The van der Waals surface area contributed by atoms with Gasteiger partial charge in [-0.2, -0.15) is 0 Å². The van der Waals surface area contributed by atoms with E-state index in [2.05, 4.69) is 21.2 Å². The Labute approximate surface area is 168 Å². The lowest BCUT2D eigenvalue weighted by molar-refractivity contribution is 0.191. The third-order valence-electron chi connectivity index (χ3n) is 3.39. The lowest BCUT2D eigenvalue weighted by Crippen LogP contribution is -2.23. The van der Waals surface area contributed by atoms with Crippen LogP contribution >= 0.6 is 39.9 Å². The van der Waals surface area contributed by atoms with Crippen LogP contribution in [-0.2, 0) is 13.2 Å². The number of ether oxygens (including phenoxy) is 2. The third-order valence-corrected chi connectivity index (χ3v) is 4.35. The zero-order valence-corrected chi connectivity index (χ0v) is 17.2. The first-order valence-electron chi connectivity index (χ1n) is 7.62. The van der Waals surface area contributed by atoms with Crippen LogP contribution < -0.4 is 14.8 Å². The Bertz CT molecular complexity index is 683. The van der Waals surface area contributed by atoms with Crippen LogP contribution in [0.5, 0.6) is 11.5 Å². The number of nitrogens with one attached hydrogen (secondary N) is 1. The molecule has 0 amide bonds. The molecule has 2 rings (SSSR count). The van der Waals surface area contributed by atoms with E-state index in [4.69, 9.17) is 21.1 Å². The summed E-state index contributed by atoms with van der Waals surface area (Å²) in [4.78, 5) is 0. The number of aliphatic hydroxyl groups is 1. The van der Waals surface area contributed by atoms with Crippen LogP contribution in [0, 0.1) is 0 Å². The van der Waals surface area contributed by atoms with Crippen LogP contribution in [0.25, 0.3) is 0 Å². The lowest BCUT2D eigenvalue weighted by atomic mass is 10.2. The Morgan fingerprint density at radius 3 is 2.64 bits per heavy atom. The van der Waals surface area contributed by atoms with Gasteiger partial charge in [-0.15, -0.1) is 12.4 Å². The maximum absolute atomic E-state index is 9.30. The SMILES string of the molecule is COc1cc(CNCC(C)O)cc(Br)c1OCc1ccccc1Cl.Cl. The third kappa shape index (κ3) is 6.68. The van der Waals surface area contributed by atoms with E-state index in [1.54, 1.807) is 14.0 Å². The number of aliphatic hydroxyl groups excluding tert-OH is 1. The second-order valence-electron chi connectivity index (χ2n) is 5.47. The molecule has 138 valence electrons. The van der Waals surface area contributed by atoms with E-state index in [0.717, 1.165) is 15.6 Å². The Morgan fingerprint density at radius 1 is 1.28 bits per heavy atom. The summed E-state index contributed by atoms with van der Waals surface area (Å²) in [5.41, 5.74) is 1.94. The molecule has 0 aliphatic rings. The standard InChI is InChI=1S/C18H21BrClNO3.ClH/c1-12(22)9-21-10-13-7-15(19)18(17(8-13)23-2)24-11-14-5-3-4-6-16(14)20;/h3-8,12,21-22H,9-11H2,1-2H3;1H. The van der Waals surface area contributed by atoms with Crippen LogP contribution in [0.2, 0.25) is 5.02 Å². The van der Waals surface area contributed by atoms with Gasteiger partial charge in [0.25, 0.3) is 0 Å². The van der Waals surface area contributed by atoms with Crippen molar-refractivity contribution in [2.75, 3.05) is 13.7 Å². The van der Waals surface area contributed by atoms with Gasteiger partial charge < -0.3 is 19.9 Å². The monoisotopic (exact) mass is 449 g/mol. The van der Waals surface area contributed by atoms with Crippen molar-refractivity contribution in [3.63, 3.8) is 0 Å². The average molecular weight is 451 g/mol. The number of benzene rings is 2. The van der Waals surface area contributed by atoms with Gasteiger partial charge in [0.05, 0.1) is 17.7 Å². The molecule has 0 bridgehead atoms. The van der Waals surface area contributed by atoms with Gasteiger partial charge in [0.15, 0.2) is 11.5 Å². The summed E-state index contributed by atoms with van der Waals surface area (Å²) in [6, 6.07) is 11.5. The maximum Gasteiger partial charge on any atom is 0.175 e. The molecule has 0 saturated carbocycles. The molecule has 0 radical (unpaired) electrons. The van der Waals surface area contributed by atoms with Crippen LogP contribution in [0.15, 0.2) is 40.9 Å². The molecule has 0 aliphatic heterocycles. The molecule has 0 fully saturated rings. The Balaban J connectivity index is 0.00000312. The van der Waals surface area contributed by atoms with Gasteiger partial charge in [0.2, 0.25) is 0 Å². The van der Waals surface area contributed by atoms with Crippen molar-refractivity contribution in [2.24, 2.45) is 0 Å². The first-order valence-corrected chi connectivity index (χ1v) is 8.79. The largest absolute Gasteiger partial charge is 0.493 e. The zero-order chi connectivity index (χ0) is 17.5. The molecule has 0 aliphatic carbocycles. The highest BCUT2D eigenvalue weighted by Crippen LogP contribution is 2.37. The minimum atomic E-state index is -0.381. The second-order valence-corrected chi connectivity index (χ2v) is 6.73. The fourth-order valence-electron chi connectivity index (χ4n) is 2.21. The number of rotatable bonds is 8. The van der Waals surface area contributed by atoms with E-state index in [1.165, 1.54) is 0 Å². The Kier molecular flexibility index (Phi) is 9.61. The molecule has 2 aromatic carbocycles. The van der Waals surface area contributed by atoms with E-state index in [1.807, 2.05) is 36.4 Å². The molecule has 1 atom stereocenters. The van der Waals surface area contributed by atoms with Crippen LogP contribution in [0.3, 0.4) is 0 Å². The van der Waals surface area contributed by atoms with E-state index >= 15 is 0 Å². The molecule has 0 spiro atoms. The van der Waals surface area contributed by atoms with Gasteiger partial charge in [0.1, 0.15) is 6.61 Å². The summed E-state index contributed by atoms with van der Waals surface area (Å²) in [7, 11) is 1.61. The summed E-state index contributed by atoms with van der Waals surface area (Å²) >= 11 is 9.70. The molecule has 0 aromatic heterocycles. The quantitative estimate of drug-likeness (QED) is 0.617. The molecule has 25 heavy (non-hydrogen) atoms. The minimum absolute atomic E-state index is 0. The fourth-order valence-corrected chi connectivity index (χ4v) is 3.00. The van der Waals surface area contributed by atoms with E-state index in [9.17, 15) is 5.11 Å². The molecule has 2 N–H and O–H groups in total. The van der Waals surface area contributed by atoms with E-state index < -0.39 is 0 Å². The maximum atomic E-state index is 9.30. The molecular weight excluding hydrogens is 429 g/mol. The van der Waals surface area contributed by atoms with Crippen molar-refractivity contribution in [1.82, 2.24) is 5.32 Å². The number of hydrogen-bond donors (Lipinski definition) is 2. The zero-order valence-electron chi connectivity index (χ0n) is 14.1. The Morgan fingerprint density at radius 2 is 2.00 bits per heavy atom. The highest BCUT2D eigenvalue weighted by molar-refractivity contribution is 9.10. The molecule has 7 heteroatoms. The highest BCUT2D eigenvalue weighted by Gasteiger charge is 2.13. The number of hydrogen-bond acceptors (Lipinski definition) is 4. The summed E-state index contributed by atoms with van der Waals surface area (Å²) in [5, 5.41) is 13.2. The van der Waals surface area contributed by atoms with Crippen LogP contribution in [-0.4, -0.2) is 24.9 Å². The number of halogens is 3. The highest BCUT2D eigenvalue weighted by atomic mass is 79.9. The normalized spacial score (nSPS) is 11.6. The van der Waals surface area contributed by atoms with Gasteiger partial charge in [-0.1, -0.05) is 29.8 Å². The van der Waals surface area contributed by atoms with Gasteiger partial charge in [-0.25, -0.2) is 0 Å². The summed E-state index contributed by atoms with van der Waals surface area (Å²) in [6.07, 6.45) is -0.381. The van der Waals surface area contributed by atoms with Gasteiger partial charge in [-0.05, 0) is 46.6 Å². The summed E-state index contributed by atoms with van der Waals surface area (Å²) in [5.74, 6) is 1.28. The van der Waals surface area contributed by atoms with Crippen molar-refractivity contribution in [1.29, 1.82) is 0 Å². The molecule has 2 aromatic rings. The van der Waals surface area contributed by atoms with Crippen molar-refractivity contribution >= 4 is 39.9 Å². The second kappa shape index (κ2) is 10.9. The van der Waals surface area contributed by atoms with Gasteiger partial charge >= 0.3 is 0 Å². The van der Waals surface area contributed by atoms with Crippen molar-refractivity contribution < 1.29 is 14.6 Å². The predicted molar refractivity (Wildman–Crippen MR) is 107 cm³/mol. The molecular formula is C18H22BrCl2NO3. The molecule has 0 heterocycles. The Hall–Kier alpha value is -0.980. The lowest BCUT2D eigenvalue weighted by Gasteiger charge is -2.15. The smallest absolute Gasteiger partial charge is 0.175 e. The van der Waals surface area contributed by atoms with Gasteiger partial charge in [-0.3, -0.25) is 0 Å². The first kappa shape index (κ1) is 22.1. The molecule has 1 unspecified atom stereocenters.